The zero-order valence-electron chi connectivity index (χ0n) is 14.7. The monoisotopic (exact) mass is 307 g/mol. The number of hydrogen-bond acceptors (Lipinski definition) is 2. The second-order valence-electron chi connectivity index (χ2n) is 6.29. The van der Waals surface area contributed by atoms with Gasteiger partial charge in [0, 0.05) is 33.4 Å². The van der Waals surface area contributed by atoms with Crippen LogP contribution in [0, 0.1) is 5.92 Å². The number of nitrogens with zero attached hydrogens (tertiary/aromatic N) is 3. The van der Waals surface area contributed by atoms with Gasteiger partial charge in [0.2, 0.25) is 0 Å². The molecule has 0 aliphatic rings. The van der Waals surface area contributed by atoms with Gasteiger partial charge in [0.25, 0.3) is 0 Å². The molecule has 5 nitrogen and oxygen atoms in total. The molecule has 1 aromatic rings. The van der Waals surface area contributed by atoms with Crippen LogP contribution in [0.25, 0.3) is 0 Å². The van der Waals surface area contributed by atoms with Crippen LogP contribution in [0.5, 0.6) is 0 Å². The topological polar surface area (TPSA) is 54.2 Å². The number of unbranched alkanes of at least 4 members (excludes halogenated alkanes) is 3. The molecule has 1 aromatic heterocycles. The third-order valence-corrected chi connectivity index (χ3v) is 3.69. The predicted octanol–water partition coefficient (Wildman–Crippen LogP) is 2.73. The van der Waals surface area contributed by atoms with E-state index < -0.39 is 0 Å². The first-order valence-electron chi connectivity index (χ1n) is 8.54. The van der Waals surface area contributed by atoms with Gasteiger partial charge < -0.3 is 10.6 Å². The van der Waals surface area contributed by atoms with E-state index in [-0.39, 0.29) is 0 Å². The van der Waals surface area contributed by atoms with Gasteiger partial charge in [-0.2, -0.15) is 5.10 Å². The Balaban J connectivity index is 2.03. The number of aromatic nitrogens is 2. The molecule has 0 atom stereocenters. The van der Waals surface area contributed by atoms with E-state index in [1.807, 2.05) is 25.0 Å². The first-order valence-corrected chi connectivity index (χ1v) is 8.54. The minimum Gasteiger partial charge on any atom is -0.356 e. The lowest BCUT2D eigenvalue weighted by molar-refractivity contribution is 0.518. The second kappa shape index (κ2) is 11.1. The van der Waals surface area contributed by atoms with E-state index in [9.17, 15) is 0 Å². The molecule has 0 bridgehead atoms. The fourth-order valence-electron chi connectivity index (χ4n) is 2.38. The molecule has 1 heterocycles. The summed E-state index contributed by atoms with van der Waals surface area (Å²) >= 11 is 0. The third-order valence-electron chi connectivity index (χ3n) is 3.69. The molecule has 1 rings (SSSR count). The maximum Gasteiger partial charge on any atom is 0.190 e. The van der Waals surface area contributed by atoms with Gasteiger partial charge in [-0.05, 0) is 24.3 Å². The lowest BCUT2D eigenvalue weighted by Gasteiger charge is -2.11. The first-order chi connectivity index (χ1) is 10.6. The highest BCUT2D eigenvalue weighted by Crippen LogP contribution is 2.08. The van der Waals surface area contributed by atoms with E-state index in [0.29, 0.717) is 0 Å². The Hall–Kier alpha value is -1.52. The third kappa shape index (κ3) is 8.70. The molecule has 0 aromatic carbocycles. The summed E-state index contributed by atoms with van der Waals surface area (Å²) in [5.41, 5.74) is 1.25. The van der Waals surface area contributed by atoms with Crippen molar-refractivity contribution in [3.63, 3.8) is 0 Å². The second-order valence-corrected chi connectivity index (χ2v) is 6.29. The Kier molecular flexibility index (Phi) is 9.35. The van der Waals surface area contributed by atoms with Crippen molar-refractivity contribution in [2.75, 3.05) is 20.1 Å². The number of rotatable bonds is 10. The number of aryl methyl sites for hydroxylation is 1. The van der Waals surface area contributed by atoms with Crippen LogP contribution in [0.2, 0.25) is 0 Å². The largest absolute Gasteiger partial charge is 0.356 e. The minimum atomic E-state index is 0.834. The zero-order chi connectivity index (χ0) is 16.2. The van der Waals surface area contributed by atoms with Crippen LogP contribution in [0.1, 0.15) is 51.5 Å². The molecular weight excluding hydrogens is 274 g/mol. The summed E-state index contributed by atoms with van der Waals surface area (Å²) in [5, 5.41) is 10.9. The fourth-order valence-corrected chi connectivity index (χ4v) is 2.38. The molecule has 22 heavy (non-hydrogen) atoms. The van der Waals surface area contributed by atoms with Gasteiger partial charge in [-0.25, -0.2) is 0 Å². The molecule has 0 fully saturated rings. The zero-order valence-corrected chi connectivity index (χ0v) is 14.7. The smallest absolute Gasteiger partial charge is 0.190 e. The highest BCUT2D eigenvalue weighted by Gasteiger charge is 1.99. The number of guanidine groups is 1. The van der Waals surface area contributed by atoms with E-state index in [0.717, 1.165) is 31.4 Å². The maximum absolute atomic E-state index is 4.26. The maximum atomic E-state index is 4.26. The molecule has 0 amide bonds. The summed E-state index contributed by atoms with van der Waals surface area (Å²) in [5.74, 6) is 1.73. The van der Waals surface area contributed by atoms with E-state index in [2.05, 4.69) is 40.8 Å². The van der Waals surface area contributed by atoms with Crippen molar-refractivity contribution >= 4 is 5.96 Å². The van der Waals surface area contributed by atoms with Crippen LogP contribution in [-0.2, 0) is 13.5 Å². The summed E-state index contributed by atoms with van der Waals surface area (Å²) < 4.78 is 1.84. The van der Waals surface area contributed by atoms with Crippen LogP contribution < -0.4 is 10.6 Å². The minimum absolute atomic E-state index is 0.834. The Morgan fingerprint density at radius 2 is 1.91 bits per heavy atom. The van der Waals surface area contributed by atoms with Gasteiger partial charge in [0.15, 0.2) is 5.96 Å². The summed E-state index contributed by atoms with van der Waals surface area (Å²) in [4.78, 5) is 4.26. The quantitative estimate of drug-likeness (QED) is 0.397. The van der Waals surface area contributed by atoms with Gasteiger partial charge in [0.05, 0.1) is 6.20 Å². The van der Waals surface area contributed by atoms with Gasteiger partial charge in [0.1, 0.15) is 0 Å². The molecule has 0 spiro atoms. The van der Waals surface area contributed by atoms with Crippen LogP contribution in [0.4, 0.5) is 0 Å². The average molecular weight is 307 g/mol. The number of aliphatic imine (C=N–C) groups is 1. The Labute approximate surface area is 135 Å². The van der Waals surface area contributed by atoms with E-state index in [4.69, 9.17) is 0 Å². The molecular formula is C17H33N5. The number of hydrogen-bond donors (Lipinski definition) is 2. The van der Waals surface area contributed by atoms with Gasteiger partial charge in [-0.3, -0.25) is 9.67 Å². The average Bonchev–Trinajstić information content (AvgIpc) is 2.89. The van der Waals surface area contributed by atoms with Gasteiger partial charge >= 0.3 is 0 Å². The van der Waals surface area contributed by atoms with Crippen molar-refractivity contribution in [1.29, 1.82) is 0 Å². The van der Waals surface area contributed by atoms with Crippen molar-refractivity contribution in [2.45, 2.75) is 52.4 Å². The Morgan fingerprint density at radius 1 is 1.18 bits per heavy atom. The van der Waals surface area contributed by atoms with Crippen LogP contribution >= 0.6 is 0 Å². The van der Waals surface area contributed by atoms with E-state index in [1.54, 1.807) is 0 Å². The summed E-state index contributed by atoms with van der Waals surface area (Å²) in [6.07, 6.45) is 11.5. The fraction of sp³-hybridized carbons (Fsp3) is 0.765. The first kappa shape index (κ1) is 18.5. The van der Waals surface area contributed by atoms with Crippen molar-refractivity contribution in [1.82, 2.24) is 20.4 Å². The van der Waals surface area contributed by atoms with Crippen molar-refractivity contribution in [3.05, 3.63) is 18.0 Å². The summed E-state index contributed by atoms with van der Waals surface area (Å²) in [7, 11) is 3.76. The molecule has 126 valence electrons. The molecule has 0 unspecified atom stereocenters. The van der Waals surface area contributed by atoms with E-state index in [1.165, 1.54) is 37.7 Å². The highest BCUT2D eigenvalue weighted by molar-refractivity contribution is 5.79. The van der Waals surface area contributed by atoms with Crippen LogP contribution in [0.15, 0.2) is 17.4 Å². The van der Waals surface area contributed by atoms with Crippen LogP contribution in [-0.4, -0.2) is 35.9 Å². The van der Waals surface area contributed by atoms with Gasteiger partial charge in [-0.15, -0.1) is 0 Å². The molecule has 0 radical (unpaired) electrons. The summed E-state index contributed by atoms with van der Waals surface area (Å²) in [6, 6.07) is 0. The van der Waals surface area contributed by atoms with Crippen molar-refractivity contribution < 1.29 is 0 Å². The predicted molar refractivity (Wildman–Crippen MR) is 94.2 cm³/mol. The molecule has 0 aliphatic heterocycles. The lowest BCUT2D eigenvalue weighted by atomic mass is 10.0. The molecule has 0 saturated heterocycles. The Morgan fingerprint density at radius 3 is 2.55 bits per heavy atom. The molecule has 2 N–H and O–H groups in total. The number of nitrogens with one attached hydrogen (secondary N) is 2. The van der Waals surface area contributed by atoms with Crippen molar-refractivity contribution in [2.24, 2.45) is 18.0 Å². The standard InChI is InChI=1S/C17H33N5/c1-15(2)9-7-5-6-8-11-19-17(18-3)20-12-10-16-13-21-22(4)14-16/h13-15H,5-12H2,1-4H3,(H2,18,19,20). The highest BCUT2D eigenvalue weighted by atomic mass is 15.2. The lowest BCUT2D eigenvalue weighted by Crippen LogP contribution is -2.38. The SMILES string of the molecule is CN=C(NCCCCCCC(C)C)NCCc1cnn(C)c1. The molecule has 0 saturated carbocycles. The van der Waals surface area contributed by atoms with Gasteiger partial charge in [-0.1, -0.05) is 39.5 Å². The Bertz CT molecular complexity index is 422. The molecule has 0 aliphatic carbocycles. The molecule has 5 heteroatoms. The van der Waals surface area contributed by atoms with E-state index >= 15 is 0 Å². The van der Waals surface area contributed by atoms with Crippen LogP contribution in [0.3, 0.4) is 0 Å². The normalized spacial score (nSPS) is 12.0. The van der Waals surface area contributed by atoms with Crippen molar-refractivity contribution in [3.8, 4) is 0 Å². The summed E-state index contributed by atoms with van der Waals surface area (Å²) in [6.45, 7) is 6.46.